The van der Waals surface area contributed by atoms with E-state index in [4.69, 9.17) is 10.5 Å². The molecular formula is C23H28N4O2. The van der Waals surface area contributed by atoms with Gasteiger partial charge in [-0.1, -0.05) is 49.4 Å². The average molecular weight is 393 g/mol. The molecule has 0 spiro atoms. The molecule has 1 atom stereocenters. The van der Waals surface area contributed by atoms with Crippen molar-refractivity contribution < 1.29 is 9.53 Å². The van der Waals surface area contributed by atoms with Gasteiger partial charge in [0.15, 0.2) is 0 Å². The second-order valence-electron chi connectivity index (χ2n) is 7.04. The van der Waals surface area contributed by atoms with Crippen molar-refractivity contribution in [3.05, 3.63) is 83.9 Å². The third-order valence-corrected chi connectivity index (χ3v) is 4.52. The molecule has 2 aromatic carbocycles. The van der Waals surface area contributed by atoms with E-state index in [-0.39, 0.29) is 5.91 Å². The van der Waals surface area contributed by atoms with Crippen LogP contribution in [0.2, 0.25) is 0 Å². The summed E-state index contributed by atoms with van der Waals surface area (Å²) in [6, 6.07) is 17.2. The highest BCUT2D eigenvalue weighted by Gasteiger charge is 2.15. The summed E-state index contributed by atoms with van der Waals surface area (Å²) in [7, 11) is 0. The number of benzene rings is 2. The van der Waals surface area contributed by atoms with Crippen LogP contribution >= 0.6 is 0 Å². The van der Waals surface area contributed by atoms with Gasteiger partial charge in [-0.15, -0.1) is 0 Å². The molecule has 0 aliphatic rings. The van der Waals surface area contributed by atoms with Crippen LogP contribution in [0.5, 0.6) is 5.75 Å². The number of carbonyl (C=O) groups excluding carboxylic acids is 1. The predicted molar refractivity (Wildman–Crippen MR) is 114 cm³/mol. The summed E-state index contributed by atoms with van der Waals surface area (Å²) < 4.78 is 7.56. The van der Waals surface area contributed by atoms with Gasteiger partial charge in [0.1, 0.15) is 5.75 Å². The molecule has 0 fully saturated rings. The van der Waals surface area contributed by atoms with Crippen LogP contribution in [0.25, 0.3) is 0 Å². The van der Waals surface area contributed by atoms with Crippen molar-refractivity contribution >= 4 is 5.91 Å². The number of imidazole rings is 1. The van der Waals surface area contributed by atoms with Crippen molar-refractivity contribution in [3.8, 4) is 5.75 Å². The number of hydrogen-bond donors (Lipinski definition) is 2. The molecule has 6 nitrogen and oxygen atoms in total. The van der Waals surface area contributed by atoms with Gasteiger partial charge in [0.25, 0.3) is 0 Å². The Kier molecular flexibility index (Phi) is 7.41. The van der Waals surface area contributed by atoms with E-state index in [0.29, 0.717) is 19.6 Å². The van der Waals surface area contributed by atoms with Crippen LogP contribution < -0.4 is 15.8 Å². The Morgan fingerprint density at radius 3 is 2.62 bits per heavy atom. The van der Waals surface area contributed by atoms with Gasteiger partial charge in [0.05, 0.1) is 24.7 Å². The van der Waals surface area contributed by atoms with E-state index in [0.717, 1.165) is 30.0 Å². The molecule has 0 aliphatic heterocycles. The minimum atomic E-state index is -0.637. The lowest BCUT2D eigenvalue weighted by Crippen LogP contribution is -2.41. The normalized spacial score (nSPS) is 11.8. The summed E-state index contributed by atoms with van der Waals surface area (Å²) in [5.74, 6) is 0.652. The van der Waals surface area contributed by atoms with Crippen molar-refractivity contribution in [1.82, 2.24) is 14.9 Å². The molecular weight excluding hydrogens is 364 g/mol. The topological polar surface area (TPSA) is 82.2 Å². The smallest absolute Gasteiger partial charge is 0.237 e. The first-order valence-electron chi connectivity index (χ1n) is 9.93. The number of nitrogens with zero attached hydrogens (tertiary/aromatic N) is 2. The van der Waals surface area contributed by atoms with Gasteiger partial charge >= 0.3 is 0 Å². The quantitative estimate of drug-likeness (QED) is 0.556. The lowest BCUT2D eigenvalue weighted by molar-refractivity contribution is -0.122. The largest absolute Gasteiger partial charge is 0.494 e. The SMILES string of the molecule is CCCOc1ccc(CNC(=O)[C@@H](N)Cc2cn(Cc3ccccc3)cn2)cc1. The number of ether oxygens (including phenoxy) is 1. The van der Waals surface area contributed by atoms with Crippen molar-refractivity contribution in [2.45, 2.75) is 38.9 Å². The standard InChI is InChI=1S/C23H28N4O2/c1-2-12-29-21-10-8-18(9-11-21)14-25-23(28)22(24)13-20-16-27(17-26-20)15-19-6-4-3-5-7-19/h3-11,16-17,22H,2,12-15,24H2,1H3,(H,25,28)/t22-/m0/s1. The van der Waals surface area contributed by atoms with Crippen LogP contribution in [0, 0.1) is 0 Å². The molecule has 0 radical (unpaired) electrons. The minimum Gasteiger partial charge on any atom is -0.494 e. The number of nitrogens with one attached hydrogen (secondary N) is 1. The Morgan fingerprint density at radius 1 is 1.14 bits per heavy atom. The second kappa shape index (κ2) is 10.4. The first kappa shape index (κ1) is 20.6. The molecule has 3 N–H and O–H groups in total. The van der Waals surface area contributed by atoms with Crippen LogP contribution in [-0.4, -0.2) is 28.1 Å². The van der Waals surface area contributed by atoms with Crippen molar-refractivity contribution in [3.63, 3.8) is 0 Å². The van der Waals surface area contributed by atoms with Crippen molar-refractivity contribution in [1.29, 1.82) is 0 Å². The van der Waals surface area contributed by atoms with Crippen LogP contribution in [0.1, 0.15) is 30.2 Å². The Morgan fingerprint density at radius 2 is 1.90 bits per heavy atom. The van der Waals surface area contributed by atoms with E-state index in [9.17, 15) is 4.79 Å². The summed E-state index contributed by atoms with van der Waals surface area (Å²) >= 11 is 0. The van der Waals surface area contributed by atoms with Gasteiger partial charge in [-0.3, -0.25) is 4.79 Å². The van der Waals surface area contributed by atoms with E-state index in [1.807, 2.05) is 53.2 Å². The van der Waals surface area contributed by atoms with Crippen LogP contribution in [0.3, 0.4) is 0 Å². The fraction of sp³-hybridized carbons (Fsp3) is 0.304. The maximum Gasteiger partial charge on any atom is 0.237 e. The molecule has 3 aromatic rings. The van der Waals surface area contributed by atoms with E-state index >= 15 is 0 Å². The minimum absolute atomic E-state index is 0.186. The zero-order valence-electron chi connectivity index (χ0n) is 16.8. The molecule has 1 heterocycles. The maximum absolute atomic E-state index is 12.3. The summed E-state index contributed by atoms with van der Waals surface area (Å²) in [5, 5.41) is 2.89. The van der Waals surface area contributed by atoms with Gasteiger partial charge in [0.2, 0.25) is 5.91 Å². The average Bonchev–Trinajstić information content (AvgIpc) is 3.18. The number of carbonyl (C=O) groups is 1. The predicted octanol–water partition coefficient (Wildman–Crippen LogP) is 2.91. The Hall–Kier alpha value is -3.12. The lowest BCUT2D eigenvalue weighted by atomic mass is 10.1. The van der Waals surface area contributed by atoms with Crippen molar-refractivity contribution in [2.75, 3.05) is 6.61 Å². The Labute approximate surface area is 171 Å². The van der Waals surface area contributed by atoms with Crippen LogP contribution in [-0.2, 0) is 24.3 Å². The van der Waals surface area contributed by atoms with E-state index in [2.05, 4.69) is 29.4 Å². The molecule has 152 valence electrons. The summed E-state index contributed by atoms with van der Waals surface area (Å²) in [5.41, 5.74) is 9.08. The number of rotatable bonds is 10. The lowest BCUT2D eigenvalue weighted by Gasteiger charge is -2.12. The third-order valence-electron chi connectivity index (χ3n) is 4.52. The van der Waals surface area contributed by atoms with Gasteiger partial charge in [-0.05, 0) is 29.7 Å². The molecule has 0 aliphatic carbocycles. The monoisotopic (exact) mass is 392 g/mol. The van der Waals surface area contributed by atoms with Crippen LogP contribution in [0.15, 0.2) is 67.1 Å². The summed E-state index contributed by atoms with van der Waals surface area (Å²) in [6.45, 7) is 3.95. The Balaban J connectivity index is 1.45. The number of nitrogens with two attached hydrogens (primary N) is 1. The zero-order chi connectivity index (χ0) is 20.5. The maximum atomic E-state index is 12.3. The van der Waals surface area contributed by atoms with E-state index in [1.165, 1.54) is 5.56 Å². The zero-order valence-corrected chi connectivity index (χ0v) is 16.8. The van der Waals surface area contributed by atoms with Crippen molar-refractivity contribution in [2.24, 2.45) is 5.73 Å². The molecule has 1 amide bonds. The number of hydrogen-bond acceptors (Lipinski definition) is 4. The highest BCUT2D eigenvalue weighted by Crippen LogP contribution is 2.12. The molecule has 0 unspecified atom stereocenters. The molecule has 0 bridgehead atoms. The second-order valence-corrected chi connectivity index (χ2v) is 7.04. The highest BCUT2D eigenvalue weighted by molar-refractivity contribution is 5.81. The van der Waals surface area contributed by atoms with Gasteiger partial charge in [0, 0.05) is 25.7 Å². The first-order valence-corrected chi connectivity index (χ1v) is 9.93. The summed E-state index contributed by atoms with van der Waals surface area (Å²) in [6.07, 6.45) is 5.09. The number of amides is 1. The van der Waals surface area contributed by atoms with Gasteiger partial charge in [-0.2, -0.15) is 0 Å². The van der Waals surface area contributed by atoms with Gasteiger partial charge in [-0.25, -0.2) is 4.98 Å². The highest BCUT2D eigenvalue weighted by atomic mass is 16.5. The summed E-state index contributed by atoms with van der Waals surface area (Å²) in [4.78, 5) is 16.7. The van der Waals surface area contributed by atoms with Gasteiger partial charge < -0.3 is 20.4 Å². The molecule has 29 heavy (non-hydrogen) atoms. The molecule has 0 saturated carbocycles. The van der Waals surface area contributed by atoms with Crippen LogP contribution in [0.4, 0.5) is 0 Å². The molecule has 3 rings (SSSR count). The molecule has 6 heteroatoms. The Bertz CT molecular complexity index is 891. The molecule has 0 saturated heterocycles. The first-order chi connectivity index (χ1) is 14.1. The molecule has 1 aromatic heterocycles. The van der Waals surface area contributed by atoms with E-state index < -0.39 is 6.04 Å². The number of aromatic nitrogens is 2. The fourth-order valence-electron chi connectivity index (χ4n) is 2.95. The third kappa shape index (κ3) is 6.47. The van der Waals surface area contributed by atoms with E-state index in [1.54, 1.807) is 6.33 Å². The fourth-order valence-corrected chi connectivity index (χ4v) is 2.95.